The van der Waals surface area contributed by atoms with Crippen molar-refractivity contribution in [2.75, 3.05) is 7.11 Å². The summed E-state index contributed by atoms with van der Waals surface area (Å²) in [6.45, 7) is 1.57. The fraction of sp³-hybridized carbons (Fsp3) is 0.308. The lowest BCUT2D eigenvalue weighted by atomic mass is 10.1. The monoisotopic (exact) mass is 262 g/mol. The van der Waals surface area contributed by atoms with E-state index in [-0.39, 0.29) is 5.69 Å². The zero-order valence-electron chi connectivity index (χ0n) is 10.8. The van der Waals surface area contributed by atoms with E-state index in [1.54, 1.807) is 14.0 Å². The summed E-state index contributed by atoms with van der Waals surface area (Å²) in [5.74, 6) is 1.10. The van der Waals surface area contributed by atoms with Crippen LogP contribution in [0.3, 0.4) is 0 Å². The van der Waals surface area contributed by atoms with Gasteiger partial charge in [-0.1, -0.05) is 17.3 Å². The molecule has 0 unspecified atom stereocenters. The van der Waals surface area contributed by atoms with Gasteiger partial charge in [0.05, 0.1) is 12.0 Å². The fourth-order valence-corrected chi connectivity index (χ4v) is 1.86. The highest BCUT2D eigenvalue weighted by Gasteiger charge is 2.23. The van der Waals surface area contributed by atoms with E-state index in [9.17, 15) is 10.1 Å². The summed E-state index contributed by atoms with van der Waals surface area (Å²) >= 11 is 0. The van der Waals surface area contributed by atoms with Gasteiger partial charge in [-0.25, -0.2) is 0 Å². The van der Waals surface area contributed by atoms with Crippen molar-refractivity contribution in [3.05, 3.63) is 51.4 Å². The number of rotatable bonds is 5. The minimum Gasteiger partial charge on any atom is -0.497 e. The number of nitro groups is 1. The van der Waals surface area contributed by atoms with E-state index in [0.717, 1.165) is 11.3 Å². The van der Waals surface area contributed by atoms with Gasteiger partial charge in [0, 0.05) is 6.42 Å². The summed E-state index contributed by atoms with van der Waals surface area (Å²) < 4.78 is 10.1. The van der Waals surface area contributed by atoms with Crippen LogP contribution >= 0.6 is 0 Å². The topological polar surface area (TPSA) is 78.4 Å². The Balaban J connectivity index is 2.08. The summed E-state index contributed by atoms with van der Waals surface area (Å²) in [6, 6.07) is 7.56. The van der Waals surface area contributed by atoms with Gasteiger partial charge >= 0.3 is 5.69 Å². The second-order valence-corrected chi connectivity index (χ2v) is 4.14. The van der Waals surface area contributed by atoms with Crippen LogP contribution in [0.15, 0.2) is 28.8 Å². The smallest absolute Gasteiger partial charge is 0.334 e. The molecule has 2 rings (SSSR count). The van der Waals surface area contributed by atoms with Gasteiger partial charge in [-0.3, -0.25) is 10.1 Å². The lowest BCUT2D eigenvalue weighted by Crippen LogP contribution is -1.96. The van der Waals surface area contributed by atoms with Crippen LogP contribution in [-0.4, -0.2) is 17.2 Å². The first-order valence-electron chi connectivity index (χ1n) is 5.84. The summed E-state index contributed by atoms with van der Waals surface area (Å²) in [5, 5.41) is 14.5. The highest BCUT2D eigenvalue weighted by molar-refractivity contribution is 5.38. The molecular formula is C13H14N2O4. The van der Waals surface area contributed by atoms with Crippen LogP contribution in [0.4, 0.5) is 5.69 Å². The first kappa shape index (κ1) is 13.1. The second kappa shape index (κ2) is 5.51. The molecule has 0 saturated heterocycles. The number of hydrogen-bond donors (Lipinski definition) is 0. The molecule has 0 saturated carbocycles. The first-order chi connectivity index (χ1) is 9.11. The Morgan fingerprint density at radius 1 is 1.32 bits per heavy atom. The molecule has 100 valence electrons. The number of nitrogens with zero attached hydrogens (tertiary/aromatic N) is 2. The number of methoxy groups -OCH3 is 1. The van der Waals surface area contributed by atoms with E-state index in [4.69, 9.17) is 9.26 Å². The predicted molar refractivity (Wildman–Crippen MR) is 68.3 cm³/mol. The van der Waals surface area contributed by atoms with Crippen molar-refractivity contribution >= 4 is 5.69 Å². The molecule has 0 radical (unpaired) electrons. The van der Waals surface area contributed by atoms with Crippen molar-refractivity contribution in [1.82, 2.24) is 5.16 Å². The molecule has 0 N–H and O–H groups in total. The van der Waals surface area contributed by atoms with Gasteiger partial charge in [0.2, 0.25) is 5.76 Å². The number of aromatic nitrogens is 1. The molecule has 0 fully saturated rings. The molecule has 0 amide bonds. The summed E-state index contributed by atoms with van der Waals surface area (Å²) in [4.78, 5) is 10.4. The molecule has 0 atom stereocenters. The Bertz CT molecular complexity index is 575. The van der Waals surface area contributed by atoms with Crippen molar-refractivity contribution in [2.24, 2.45) is 0 Å². The molecule has 6 heteroatoms. The van der Waals surface area contributed by atoms with E-state index in [2.05, 4.69) is 5.16 Å². The largest absolute Gasteiger partial charge is 0.497 e. The number of aryl methyl sites for hydroxylation is 3. The van der Waals surface area contributed by atoms with Gasteiger partial charge in [-0.15, -0.1) is 0 Å². The van der Waals surface area contributed by atoms with Crippen LogP contribution < -0.4 is 4.74 Å². The third-order valence-corrected chi connectivity index (χ3v) is 2.88. The molecule has 19 heavy (non-hydrogen) atoms. The standard InChI is InChI=1S/C13H14N2O4/c1-9-13(15(16)17)12(19-14-9)8-5-10-3-6-11(18-2)7-4-10/h3-4,6-7H,5,8H2,1-2H3. The van der Waals surface area contributed by atoms with E-state index in [1.165, 1.54) is 0 Å². The van der Waals surface area contributed by atoms with Gasteiger partial charge in [0.15, 0.2) is 5.69 Å². The fourth-order valence-electron chi connectivity index (χ4n) is 1.86. The molecule has 1 heterocycles. The number of ether oxygens (including phenoxy) is 1. The van der Waals surface area contributed by atoms with Crippen molar-refractivity contribution < 1.29 is 14.2 Å². The van der Waals surface area contributed by atoms with Gasteiger partial charge in [0.25, 0.3) is 0 Å². The van der Waals surface area contributed by atoms with E-state index in [0.29, 0.717) is 24.3 Å². The molecule has 6 nitrogen and oxygen atoms in total. The maximum atomic E-state index is 10.9. The molecule has 0 bridgehead atoms. The van der Waals surface area contributed by atoms with Crippen molar-refractivity contribution in [3.63, 3.8) is 0 Å². The summed E-state index contributed by atoms with van der Waals surface area (Å²) in [7, 11) is 1.61. The Hall–Kier alpha value is -2.37. The lowest BCUT2D eigenvalue weighted by Gasteiger charge is -2.02. The van der Waals surface area contributed by atoms with Crippen molar-refractivity contribution in [2.45, 2.75) is 19.8 Å². The first-order valence-corrected chi connectivity index (χ1v) is 5.84. The van der Waals surface area contributed by atoms with E-state index >= 15 is 0 Å². The third kappa shape index (κ3) is 2.90. The third-order valence-electron chi connectivity index (χ3n) is 2.88. The Kier molecular flexibility index (Phi) is 3.79. The average Bonchev–Trinajstić information content (AvgIpc) is 2.78. The zero-order valence-corrected chi connectivity index (χ0v) is 10.8. The Morgan fingerprint density at radius 2 is 2.00 bits per heavy atom. The minimum absolute atomic E-state index is 0.0199. The summed E-state index contributed by atoms with van der Waals surface area (Å²) in [5.41, 5.74) is 1.35. The zero-order chi connectivity index (χ0) is 13.8. The second-order valence-electron chi connectivity index (χ2n) is 4.14. The molecular weight excluding hydrogens is 248 g/mol. The van der Waals surface area contributed by atoms with Crippen LogP contribution in [0.2, 0.25) is 0 Å². The van der Waals surface area contributed by atoms with Gasteiger partial charge in [-0.05, 0) is 31.0 Å². The average molecular weight is 262 g/mol. The lowest BCUT2D eigenvalue weighted by molar-refractivity contribution is -0.386. The van der Waals surface area contributed by atoms with Crippen LogP contribution in [0.1, 0.15) is 17.0 Å². The quantitative estimate of drug-likeness (QED) is 0.611. The van der Waals surface area contributed by atoms with Gasteiger partial charge < -0.3 is 9.26 Å². The molecule has 0 aliphatic carbocycles. The molecule has 0 spiro atoms. The Morgan fingerprint density at radius 3 is 2.58 bits per heavy atom. The number of benzene rings is 1. The number of hydrogen-bond acceptors (Lipinski definition) is 5. The molecule has 1 aromatic heterocycles. The van der Waals surface area contributed by atoms with E-state index < -0.39 is 4.92 Å². The maximum absolute atomic E-state index is 10.9. The highest BCUT2D eigenvalue weighted by atomic mass is 16.6. The SMILES string of the molecule is COc1ccc(CCc2onc(C)c2[N+](=O)[O-])cc1. The molecule has 0 aliphatic rings. The maximum Gasteiger partial charge on any atom is 0.334 e. The van der Waals surface area contributed by atoms with Crippen LogP contribution in [0.25, 0.3) is 0 Å². The van der Waals surface area contributed by atoms with Gasteiger partial charge in [0.1, 0.15) is 5.75 Å². The molecule has 2 aromatic rings. The highest BCUT2D eigenvalue weighted by Crippen LogP contribution is 2.24. The normalized spacial score (nSPS) is 10.4. The predicted octanol–water partition coefficient (Wildman–Crippen LogP) is 2.69. The van der Waals surface area contributed by atoms with Crippen molar-refractivity contribution in [1.29, 1.82) is 0 Å². The van der Waals surface area contributed by atoms with Crippen LogP contribution in [-0.2, 0) is 12.8 Å². The summed E-state index contributed by atoms with van der Waals surface area (Å²) in [6.07, 6.45) is 1.10. The van der Waals surface area contributed by atoms with E-state index in [1.807, 2.05) is 24.3 Å². The minimum atomic E-state index is -0.449. The van der Waals surface area contributed by atoms with Crippen LogP contribution in [0, 0.1) is 17.0 Å². The molecule has 1 aromatic carbocycles. The Labute approximate surface area is 110 Å². The van der Waals surface area contributed by atoms with Crippen LogP contribution in [0.5, 0.6) is 5.75 Å². The van der Waals surface area contributed by atoms with Gasteiger partial charge in [-0.2, -0.15) is 0 Å². The van der Waals surface area contributed by atoms with Crippen molar-refractivity contribution in [3.8, 4) is 5.75 Å². The molecule has 0 aliphatic heterocycles.